The van der Waals surface area contributed by atoms with E-state index in [0.717, 1.165) is 23.2 Å². The Kier molecular flexibility index (Phi) is 3.69. The maximum atomic E-state index is 12.9. The van der Waals surface area contributed by atoms with Crippen LogP contribution in [0.1, 0.15) is 24.8 Å². The highest BCUT2D eigenvalue weighted by atomic mass is 19.1. The van der Waals surface area contributed by atoms with Gasteiger partial charge in [-0.05, 0) is 55.2 Å². The van der Waals surface area contributed by atoms with Gasteiger partial charge in [-0.15, -0.1) is 0 Å². The SMILES string of the molecule is CCOC(=O)[C@@H]1C[C@H]1c1ccc(-c2ccc(F)cc2)nc1. The zero-order valence-corrected chi connectivity index (χ0v) is 11.8. The minimum Gasteiger partial charge on any atom is -0.466 e. The summed E-state index contributed by atoms with van der Waals surface area (Å²) in [4.78, 5) is 16.0. The van der Waals surface area contributed by atoms with Crippen LogP contribution in [0, 0.1) is 11.7 Å². The molecule has 1 fully saturated rings. The van der Waals surface area contributed by atoms with Gasteiger partial charge in [0.15, 0.2) is 0 Å². The summed E-state index contributed by atoms with van der Waals surface area (Å²) >= 11 is 0. The summed E-state index contributed by atoms with van der Waals surface area (Å²) in [5, 5.41) is 0. The molecule has 108 valence electrons. The summed E-state index contributed by atoms with van der Waals surface area (Å²) in [7, 11) is 0. The second-order valence-corrected chi connectivity index (χ2v) is 5.18. The van der Waals surface area contributed by atoms with Crippen molar-refractivity contribution in [2.24, 2.45) is 5.92 Å². The molecule has 3 rings (SSSR count). The minimum absolute atomic E-state index is 0.0246. The van der Waals surface area contributed by atoms with Crippen LogP contribution < -0.4 is 0 Å². The number of aromatic nitrogens is 1. The molecule has 1 saturated carbocycles. The van der Waals surface area contributed by atoms with Crippen LogP contribution in [-0.4, -0.2) is 17.6 Å². The van der Waals surface area contributed by atoms with E-state index < -0.39 is 0 Å². The molecule has 0 unspecified atom stereocenters. The predicted molar refractivity (Wildman–Crippen MR) is 77.1 cm³/mol. The highest BCUT2D eigenvalue weighted by molar-refractivity contribution is 5.77. The van der Waals surface area contributed by atoms with Gasteiger partial charge in [0.05, 0.1) is 18.2 Å². The van der Waals surface area contributed by atoms with E-state index in [1.165, 1.54) is 12.1 Å². The Balaban J connectivity index is 1.71. The monoisotopic (exact) mass is 285 g/mol. The van der Waals surface area contributed by atoms with E-state index in [4.69, 9.17) is 4.74 Å². The van der Waals surface area contributed by atoms with Crippen LogP contribution in [0.5, 0.6) is 0 Å². The van der Waals surface area contributed by atoms with Crippen LogP contribution in [0.4, 0.5) is 4.39 Å². The zero-order valence-electron chi connectivity index (χ0n) is 11.8. The van der Waals surface area contributed by atoms with Crippen molar-refractivity contribution in [3.8, 4) is 11.3 Å². The van der Waals surface area contributed by atoms with E-state index in [9.17, 15) is 9.18 Å². The van der Waals surface area contributed by atoms with Gasteiger partial charge in [-0.3, -0.25) is 9.78 Å². The number of hydrogen-bond donors (Lipinski definition) is 0. The van der Waals surface area contributed by atoms with Gasteiger partial charge in [-0.25, -0.2) is 4.39 Å². The number of benzene rings is 1. The third-order valence-electron chi connectivity index (χ3n) is 3.73. The highest BCUT2D eigenvalue weighted by Crippen LogP contribution is 2.48. The number of carbonyl (C=O) groups excluding carboxylic acids is 1. The lowest BCUT2D eigenvalue weighted by Gasteiger charge is -2.04. The molecule has 2 atom stereocenters. The topological polar surface area (TPSA) is 39.2 Å². The molecule has 1 aromatic carbocycles. The van der Waals surface area contributed by atoms with Crippen molar-refractivity contribution < 1.29 is 13.9 Å². The van der Waals surface area contributed by atoms with E-state index in [2.05, 4.69) is 4.98 Å². The molecule has 0 saturated heterocycles. The van der Waals surface area contributed by atoms with E-state index in [-0.39, 0.29) is 23.6 Å². The van der Waals surface area contributed by atoms with Crippen molar-refractivity contribution in [3.63, 3.8) is 0 Å². The van der Waals surface area contributed by atoms with Crippen LogP contribution in [-0.2, 0) is 9.53 Å². The summed E-state index contributed by atoms with van der Waals surface area (Å²) in [6.07, 6.45) is 2.62. The molecule has 3 nitrogen and oxygen atoms in total. The van der Waals surface area contributed by atoms with Gasteiger partial charge in [0.25, 0.3) is 0 Å². The largest absolute Gasteiger partial charge is 0.466 e. The van der Waals surface area contributed by atoms with Gasteiger partial charge in [-0.2, -0.15) is 0 Å². The van der Waals surface area contributed by atoms with Crippen molar-refractivity contribution in [2.75, 3.05) is 6.61 Å². The molecule has 0 bridgehead atoms. The second kappa shape index (κ2) is 5.64. The van der Waals surface area contributed by atoms with Crippen molar-refractivity contribution in [1.29, 1.82) is 0 Å². The van der Waals surface area contributed by atoms with E-state index in [1.54, 1.807) is 18.3 Å². The third-order valence-corrected chi connectivity index (χ3v) is 3.73. The molecule has 2 aromatic rings. The standard InChI is InChI=1S/C17H16FNO2/c1-2-21-17(20)15-9-14(15)12-5-8-16(19-10-12)11-3-6-13(18)7-4-11/h3-8,10,14-15H,2,9H2,1H3/t14-,15+/m0/s1. The molecule has 1 aromatic heterocycles. The van der Waals surface area contributed by atoms with Crippen molar-refractivity contribution in [2.45, 2.75) is 19.3 Å². The van der Waals surface area contributed by atoms with Crippen LogP contribution in [0.25, 0.3) is 11.3 Å². The van der Waals surface area contributed by atoms with Crippen molar-refractivity contribution >= 4 is 5.97 Å². The minimum atomic E-state index is -0.259. The van der Waals surface area contributed by atoms with Crippen LogP contribution in [0.15, 0.2) is 42.6 Å². The lowest BCUT2D eigenvalue weighted by molar-refractivity contribution is -0.144. The number of halogens is 1. The molecule has 21 heavy (non-hydrogen) atoms. The van der Waals surface area contributed by atoms with E-state index >= 15 is 0 Å². The summed E-state index contributed by atoms with van der Waals surface area (Å²) < 4.78 is 17.9. The molecule has 0 aliphatic heterocycles. The van der Waals surface area contributed by atoms with Gasteiger partial charge in [-0.1, -0.05) is 6.07 Å². The first kappa shape index (κ1) is 13.7. The van der Waals surface area contributed by atoms with E-state index in [0.29, 0.717) is 6.61 Å². The Morgan fingerprint density at radius 2 is 2.05 bits per heavy atom. The Hall–Kier alpha value is -2.23. The highest BCUT2D eigenvalue weighted by Gasteiger charge is 2.45. The summed E-state index contributed by atoms with van der Waals surface area (Å²) in [6.45, 7) is 2.23. The molecular formula is C17H16FNO2. The fourth-order valence-electron chi connectivity index (χ4n) is 2.49. The molecule has 0 N–H and O–H groups in total. The molecule has 4 heteroatoms. The first-order chi connectivity index (χ1) is 10.2. The van der Waals surface area contributed by atoms with Gasteiger partial charge < -0.3 is 4.74 Å². The summed E-state index contributed by atoms with van der Waals surface area (Å²) in [5.74, 6) is -0.182. The molecule has 1 aliphatic carbocycles. The average Bonchev–Trinajstić information content (AvgIpc) is 3.29. The fraction of sp³-hybridized carbons (Fsp3) is 0.294. The first-order valence-corrected chi connectivity index (χ1v) is 7.07. The number of carbonyl (C=O) groups is 1. The smallest absolute Gasteiger partial charge is 0.309 e. The lowest BCUT2D eigenvalue weighted by Crippen LogP contribution is -2.07. The molecule has 1 aliphatic rings. The number of hydrogen-bond acceptors (Lipinski definition) is 3. The van der Waals surface area contributed by atoms with Crippen molar-refractivity contribution in [1.82, 2.24) is 4.98 Å². The molecule has 0 radical (unpaired) electrons. The van der Waals surface area contributed by atoms with Gasteiger partial charge in [0.2, 0.25) is 0 Å². The van der Waals surface area contributed by atoms with Gasteiger partial charge in [0, 0.05) is 11.8 Å². The number of ether oxygens (including phenoxy) is 1. The van der Waals surface area contributed by atoms with Crippen LogP contribution in [0.3, 0.4) is 0 Å². The van der Waals surface area contributed by atoms with Gasteiger partial charge >= 0.3 is 5.97 Å². The molecular weight excluding hydrogens is 269 g/mol. The van der Waals surface area contributed by atoms with Crippen LogP contribution >= 0.6 is 0 Å². The molecule has 0 spiro atoms. The third kappa shape index (κ3) is 2.94. The quantitative estimate of drug-likeness (QED) is 0.806. The Morgan fingerprint density at radius 1 is 1.29 bits per heavy atom. The van der Waals surface area contributed by atoms with Gasteiger partial charge in [0.1, 0.15) is 5.82 Å². The Bertz CT molecular complexity index is 637. The maximum absolute atomic E-state index is 12.9. The Labute approximate surface area is 122 Å². The number of nitrogens with zero attached hydrogens (tertiary/aromatic N) is 1. The number of rotatable bonds is 4. The molecule has 0 amide bonds. The zero-order chi connectivity index (χ0) is 14.8. The first-order valence-electron chi connectivity index (χ1n) is 7.07. The second-order valence-electron chi connectivity index (χ2n) is 5.18. The lowest BCUT2D eigenvalue weighted by atomic mass is 10.1. The summed E-state index contributed by atoms with van der Waals surface area (Å²) in [5.41, 5.74) is 2.73. The van der Waals surface area contributed by atoms with E-state index in [1.807, 2.05) is 19.1 Å². The van der Waals surface area contributed by atoms with Crippen LogP contribution in [0.2, 0.25) is 0 Å². The number of pyridine rings is 1. The molecule has 1 heterocycles. The van der Waals surface area contributed by atoms with Crippen molar-refractivity contribution in [3.05, 3.63) is 54.0 Å². The maximum Gasteiger partial charge on any atom is 0.309 e. The number of esters is 1. The predicted octanol–water partition coefficient (Wildman–Crippen LogP) is 3.55. The summed E-state index contributed by atoms with van der Waals surface area (Å²) in [6, 6.07) is 10.1. The average molecular weight is 285 g/mol. The fourth-order valence-corrected chi connectivity index (χ4v) is 2.49. The normalized spacial score (nSPS) is 20.1. The Morgan fingerprint density at radius 3 is 2.67 bits per heavy atom.